The number of fused-ring (bicyclic) bond motifs is 3. The van der Waals surface area contributed by atoms with Crippen molar-refractivity contribution in [1.29, 1.82) is 0 Å². The van der Waals surface area contributed by atoms with Gasteiger partial charge >= 0.3 is 0 Å². The summed E-state index contributed by atoms with van der Waals surface area (Å²) < 4.78 is 2.25. The van der Waals surface area contributed by atoms with Gasteiger partial charge in [0.15, 0.2) is 0 Å². The van der Waals surface area contributed by atoms with Crippen LogP contribution in [-0.4, -0.2) is 9.55 Å². The van der Waals surface area contributed by atoms with Crippen molar-refractivity contribution in [2.75, 3.05) is 9.80 Å². The third kappa shape index (κ3) is 6.09. The zero-order chi connectivity index (χ0) is 32.0. The summed E-state index contributed by atoms with van der Waals surface area (Å²) in [6.07, 6.45) is 6.09. The molecule has 0 atom stereocenters. The maximum Gasteiger partial charge on any atom is 0.135 e. The number of hydrogen-bond acceptors (Lipinski definition) is 4. The van der Waals surface area contributed by atoms with Crippen molar-refractivity contribution in [2.45, 2.75) is 36.0 Å². The summed E-state index contributed by atoms with van der Waals surface area (Å²) in [5, 5.41) is 2.36. The number of rotatable bonds is 6. The van der Waals surface area contributed by atoms with Gasteiger partial charge in [0, 0.05) is 44.0 Å². The molecule has 0 aliphatic carbocycles. The molecule has 0 radical (unpaired) electrons. The Hall–Kier alpha value is -4.57. The minimum absolute atomic E-state index is 0. The third-order valence-electron chi connectivity index (χ3n) is 8.55. The molecule has 8 rings (SSSR count). The number of aromatic nitrogens is 2. The Morgan fingerprint density at radius 2 is 1.44 bits per heavy atom. The minimum atomic E-state index is 0. The predicted octanol–water partition coefficient (Wildman–Crippen LogP) is 10.8. The Bertz CT molecular complexity index is 2270. The zero-order valence-corrected chi connectivity index (χ0v) is 30.0. The van der Waals surface area contributed by atoms with Gasteiger partial charge in [-0.05, 0) is 58.6 Å². The van der Waals surface area contributed by atoms with Crippen LogP contribution in [0, 0.1) is 18.8 Å². The molecule has 0 bridgehead atoms. The van der Waals surface area contributed by atoms with E-state index in [0.29, 0.717) is 0 Å². The first-order valence-corrected chi connectivity index (χ1v) is 16.6. The summed E-state index contributed by atoms with van der Waals surface area (Å²) in [5.41, 5.74) is 7.91. The van der Waals surface area contributed by atoms with Crippen LogP contribution in [0.4, 0.5) is 11.4 Å². The van der Waals surface area contributed by atoms with Crippen molar-refractivity contribution in [3.8, 4) is 16.9 Å². The molecule has 1 aliphatic heterocycles. The van der Waals surface area contributed by atoms with Gasteiger partial charge in [-0.25, -0.2) is 4.98 Å². The van der Waals surface area contributed by atoms with E-state index in [1.165, 1.54) is 27.5 Å². The Balaban J connectivity index is 0.00000364. The average molecular weight is 821 g/mol. The van der Waals surface area contributed by atoms with Crippen molar-refractivity contribution in [1.82, 2.24) is 9.55 Å². The third-order valence-corrected chi connectivity index (χ3v) is 9.47. The van der Waals surface area contributed by atoms with Gasteiger partial charge in [-0.3, -0.25) is 0 Å². The summed E-state index contributed by atoms with van der Waals surface area (Å²) in [5.74, 6) is 0.908. The van der Waals surface area contributed by atoms with E-state index < -0.39 is 0 Å². The van der Waals surface area contributed by atoms with E-state index in [-0.39, 0.29) is 26.5 Å². The molecule has 240 valence electrons. The minimum Gasteiger partial charge on any atom is -0.500 e. The van der Waals surface area contributed by atoms with E-state index in [2.05, 4.69) is 188 Å². The molecule has 1 aliphatic rings. The number of pyridine rings is 1. The molecule has 48 heavy (non-hydrogen) atoms. The fourth-order valence-electron chi connectivity index (χ4n) is 6.14. The molecule has 4 nitrogen and oxygen atoms in total. The van der Waals surface area contributed by atoms with Crippen LogP contribution in [0.3, 0.4) is 0 Å². The summed E-state index contributed by atoms with van der Waals surface area (Å²) in [7, 11) is 0. The van der Waals surface area contributed by atoms with Crippen LogP contribution in [0.2, 0.25) is 0 Å². The maximum atomic E-state index is 4.83. The van der Waals surface area contributed by atoms with Crippen LogP contribution >= 0.6 is 11.8 Å². The fraction of sp³-hybridized carbons (Fsp3) is 0.0952. The van der Waals surface area contributed by atoms with Crippen molar-refractivity contribution in [3.63, 3.8) is 0 Å². The number of benzene rings is 5. The fourth-order valence-corrected chi connectivity index (χ4v) is 6.97. The first-order chi connectivity index (χ1) is 22.9. The molecule has 0 fully saturated rings. The first kappa shape index (κ1) is 32.0. The summed E-state index contributed by atoms with van der Waals surface area (Å²) in [6.45, 7) is 8.82. The molecule has 5 aromatic carbocycles. The molecule has 0 unspecified atom stereocenters. The molecule has 0 amide bonds. The molecule has 0 N–H and O–H groups in total. The van der Waals surface area contributed by atoms with Gasteiger partial charge in [-0.15, -0.1) is 51.4 Å². The maximum absolute atomic E-state index is 4.83. The molecule has 2 aromatic heterocycles. The van der Waals surface area contributed by atoms with Crippen LogP contribution in [0.1, 0.15) is 26.3 Å². The number of anilines is 2. The summed E-state index contributed by atoms with van der Waals surface area (Å²) in [6, 6.07) is 49.9. The Morgan fingerprint density at radius 1 is 0.688 bits per heavy atom. The van der Waals surface area contributed by atoms with E-state index >= 15 is 0 Å². The molecule has 0 saturated carbocycles. The second-order valence-corrected chi connectivity index (χ2v) is 13.8. The van der Waals surface area contributed by atoms with E-state index in [1.807, 2.05) is 6.20 Å². The van der Waals surface area contributed by atoms with Crippen LogP contribution in [-0.2, 0) is 26.5 Å². The normalized spacial score (nSPS) is 13.0. The smallest absolute Gasteiger partial charge is 0.135 e. The average Bonchev–Trinajstić information content (AvgIpc) is 3.72. The molecule has 6 heteroatoms. The predicted molar refractivity (Wildman–Crippen MR) is 196 cm³/mol. The van der Waals surface area contributed by atoms with Crippen molar-refractivity contribution in [2.24, 2.45) is 0 Å². The molecule has 3 heterocycles. The summed E-state index contributed by atoms with van der Waals surface area (Å²) in [4.78, 5) is 11.2. The van der Waals surface area contributed by atoms with Crippen LogP contribution in [0.15, 0.2) is 150 Å². The molecular formula is C42H33N4PtS-3. The van der Waals surface area contributed by atoms with Gasteiger partial charge in [0.2, 0.25) is 0 Å². The molecule has 0 saturated heterocycles. The SMILES string of the molecule is CC(C)(C)c1ccnc(-n2c3[c-]c(Sc4[c-]c(N5C=CN(c6ccccc6-c6ccccc6)[CH-]5)ccc4)ccc3c3ccccc32)c1.[Pt]. The summed E-state index contributed by atoms with van der Waals surface area (Å²) >= 11 is 1.67. The molecular weight excluding hydrogens is 788 g/mol. The van der Waals surface area contributed by atoms with Gasteiger partial charge in [-0.1, -0.05) is 93.0 Å². The number of hydrogen-bond donors (Lipinski definition) is 0. The van der Waals surface area contributed by atoms with E-state index in [1.54, 1.807) is 11.8 Å². The number of nitrogens with zero attached hydrogens (tertiary/aromatic N) is 4. The second-order valence-electron chi connectivity index (χ2n) is 12.7. The van der Waals surface area contributed by atoms with Crippen LogP contribution < -0.4 is 9.80 Å². The van der Waals surface area contributed by atoms with Crippen molar-refractivity contribution < 1.29 is 21.1 Å². The first-order valence-electron chi connectivity index (χ1n) is 15.8. The Morgan fingerprint density at radius 3 is 2.29 bits per heavy atom. The van der Waals surface area contributed by atoms with Gasteiger partial charge in [0.1, 0.15) is 5.82 Å². The van der Waals surface area contributed by atoms with Gasteiger partial charge in [0.25, 0.3) is 0 Å². The van der Waals surface area contributed by atoms with Gasteiger partial charge < -0.3 is 14.4 Å². The monoisotopic (exact) mass is 820 g/mol. The Kier molecular flexibility index (Phi) is 8.76. The molecule has 0 spiro atoms. The van der Waals surface area contributed by atoms with Crippen molar-refractivity contribution in [3.05, 3.63) is 164 Å². The topological polar surface area (TPSA) is 24.3 Å². The van der Waals surface area contributed by atoms with E-state index in [9.17, 15) is 0 Å². The second kappa shape index (κ2) is 13.1. The van der Waals surface area contributed by atoms with Gasteiger partial charge in [0.05, 0.1) is 0 Å². The van der Waals surface area contributed by atoms with E-state index in [0.717, 1.165) is 38.0 Å². The number of para-hydroxylation sites is 2. The largest absolute Gasteiger partial charge is 0.500 e. The molecule has 7 aromatic rings. The van der Waals surface area contributed by atoms with Crippen LogP contribution in [0.25, 0.3) is 38.8 Å². The van der Waals surface area contributed by atoms with Crippen molar-refractivity contribution >= 4 is 44.9 Å². The zero-order valence-electron chi connectivity index (χ0n) is 26.9. The Labute approximate surface area is 301 Å². The quantitative estimate of drug-likeness (QED) is 0.156. The van der Waals surface area contributed by atoms with Gasteiger partial charge in [-0.2, -0.15) is 30.3 Å². The standard InChI is InChI=1S/C42H33N4S.Pt/c1-42(2,3)31-22-23-43-41(26-31)46-39-19-10-8-17-36(39)37-21-20-34(28-40(37)46)47-33-15-11-14-32(27-33)44-24-25-45(29-44)38-18-9-7-16-35(38)30-12-5-4-6-13-30;/h4-26,29H,1-3H3;/q-3;. The van der Waals surface area contributed by atoms with Crippen LogP contribution in [0.5, 0.6) is 0 Å². The van der Waals surface area contributed by atoms with E-state index in [4.69, 9.17) is 4.98 Å².